The van der Waals surface area contributed by atoms with E-state index in [1.54, 1.807) is 0 Å². The van der Waals surface area contributed by atoms with Crippen LogP contribution in [-0.4, -0.2) is 53.8 Å². The fourth-order valence-electron chi connectivity index (χ4n) is 3.04. The van der Waals surface area contributed by atoms with Crippen LogP contribution in [0.1, 0.15) is 39.5 Å². The smallest absolute Gasteiger partial charge is 0.229 e. The lowest BCUT2D eigenvalue weighted by Crippen LogP contribution is -2.54. The molecule has 1 aliphatic heterocycles. The molecule has 2 aliphatic rings. The predicted octanol–water partition coefficient (Wildman–Crippen LogP) is 2.34. The number of amides is 1. The first-order chi connectivity index (χ1) is 8.54. The largest absolute Gasteiger partial charge is 0.340 e. The lowest BCUT2D eigenvalue weighted by Gasteiger charge is -2.40. The van der Waals surface area contributed by atoms with Crippen molar-refractivity contribution in [3.05, 3.63) is 0 Å². The minimum atomic E-state index is -0.420. The van der Waals surface area contributed by atoms with Gasteiger partial charge < -0.3 is 4.90 Å². The molecule has 0 bridgehead atoms. The SMILES string of the molecule is CC(C)(CCl)C(=O)N1CCN(C2CCCC2)CC1. The van der Waals surface area contributed by atoms with Crippen LogP contribution < -0.4 is 0 Å². The molecule has 1 aliphatic carbocycles. The summed E-state index contributed by atoms with van der Waals surface area (Å²) in [7, 11) is 0. The number of rotatable bonds is 3. The van der Waals surface area contributed by atoms with Gasteiger partial charge in [0.1, 0.15) is 0 Å². The van der Waals surface area contributed by atoms with Crippen LogP contribution in [-0.2, 0) is 4.79 Å². The molecule has 104 valence electrons. The summed E-state index contributed by atoms with van der Waals surface area (Å²) in [5, 5.41) is 0. The number of carbonyl (C=O) groups excluding carboxylic acids is 1. The van der Waals surface area contributed by atoms with E-state index in [1.807, 2.05) is 18.7 Å². The van der Waals surface area contributed by atoms with Crippen molar-refractivity contribution < 1.29 is 4.79 Å². The van der Waals surface area contributed by atoms with Gasteiger partial charge in [-0.15, -0.1) is 11.6 Å². The Hall–Kier alpha value is -0.280. The van der Waals surface area contributed by atoms with Crippen LogP contribution in [0, 0.1) is 5.41 Å². The second-order valence-corrected chi connectivity index (χ2v) is 6.55. The summed E-state index contributed by atoms with van der Waals surface area (Å²) < 4.78 is 0. The maximum Gasteiger partial charge on any atom is 0.229 e. The first kappa shape index (κ1) is 14.1. The summed E-state index contributed by atoms with van der Waals surface area (Å²) in [6.07, 6.45) is 5.45. The molecule has 0 aromatic heterocycles. The molecular formula is C14H25ClN2O. The van der Waals surface area contributed by atoms with Crippen LogP contribution in [0.3, 0.4) is 0 Å². The van der Waals surface area contributed by atoms with E-state index in [0.717, 1.165) is 32.2 Å². The van der Waals surface area contributed by atoms with Crippen molar-refractivity contribution in [3.63, 3.8) is 0 Å². The Balaban J connectivity index is 1.84. The molecule has 0 aromatic rings. The highest BCUT2D eigenvalue weighted by molar-refractivity contribution is 6.19. The normalized spacial score (nSPS) is 23.6. The summed E-state index contributed by atoms with van der Waals surface area (Å²) >= 11 is 5.88. The molecule has 1 saturated carbocycles. The molecule has 0 atom stereocenters. The van der Waals surface area contributed by atoms with E-state index in [2.05, 4.69) is 4.90 Å². The quantitative estimate of drug-likeness (QED) is 0.737. The third-order valence-corrected chi connectivity index (χ3v) is 5.02. The third kappa shape index (κ3) is 3.00. The topological polar surface area (TPSA) is 23.6 Å². The molecule has 18 heavy (non-hydrogen) atoms. The van der Waals surface area contributed by atoms with E-state index in [0.29, 0.717) is 5.88 Å². The first-order valence-corrected chi connectivity index (χ1v) is 7.67. The monoisotopic (exact) mass is 272 g/mol. The summed E-state index contributed by atoms with van der Waals surface area (Å²) in [5.41, 5.74) is -0.420. The third-order valence-electron chi connectivity index (χ3n) is 4.36. The Morgan fingerprint density at radius 1 is 1.17 bits per heavy atom. The summed E-state index contributed by atoms with van der Waals surface area (Å²) in [6.45, 7) is 7.69. The zero-order valence-corrected chi connectivity index (χ0v) is 12.4. The van der Waals surface area contributed by atoms with Gasteiger partial charge in [0, 0.05) is 38.1 Å². The molecule has 2 rings (SSSR count). The number of halogens is 1. The fraction of sp³-hybridized carbons (Fsp3) is 0.929. The Morgan fingerprint density at radius 3 is 2.22 bits per heavy atom. The summed E-state index contributed by atoms with van der Waals surface area (Å²) in [6, 6.07) is 0.781. The first-order valence-electron chi connectivity index (χ1n) is 7.14. The zero-order chi connectivity index (χ0) is 13.2. The fourth-order valence-corrected chi connectivity index (χ4v) is 3.16. The number of alkyl halides is 1. The Labute approximate surface area is 115 Å². The minimum Gasteiger partial charge on any atom is -0.340 e. The standard InChI is InChI=1S/C14H25ClN2O/c1-14(2,11-15)13(18)17-9-7-16(8-10-17)12-5-3-4-6-12/h12H,3-11H2,1-2H3. The number of carbonyl (C=O) groups is 1. The van der Waals surface area contributed by atoms with Crippen LogP contribution in [0.5, 0.6) is 0 Å². The summed E-state index contributed by atoms with van der Waals surface area (Å²) in [4.78, 5) is 16.9. The van der Waals surface area contributed by atoms with E-state index >= 15 is 0 Å². The van der Waals surface area contributed by atoms with Gasteiger partial charge in [0.25, 0.3) is 0 Å². The second kappa shape index (κ2) is 5.79. The van der Waals surface area contributed by atoms with Crippen molar-refractivity contribution in [2.75, 3.05) is 32.1 Å². The molecule has 1 amide bonds. The average molecular weight is 273 g/mol. The molecule has 1 saturated heterocycles. The number of nitrogens with zero attached hydrogens (tertiary/aromatic N) is 2. The molecular weight excluding hydrogens is 248 g/mol. The van der Waals surface area contributed by atoms with Crippen LogP contribution in [0.2, 0.25) is 0 Å². The maximum absolute atomic E-state index is 12.3. The van der Waals surface area contributed by atoms with Crippen molar-refractivity contribution in [1.29, 1.82) is 0 Å². The molecule has 0 spiro atoms. The van der Waals surface area contributed by atoms with E-state index in [-0.39, 0.29) is 5.91 Å². The van der Waals surface area contributed by atoms with Crippen LogP contribution >= 0.6 is 11.6 Å². The highest BCUT2D eigenvalue weighted by Gasteiger charge is 2.34. The maximum atomic E-state index is 12.3. The van der Waals surface area contributed by atoms with Gasteiger partial charge in [-0.25, -0.2) is 0 Å². The zero-order valence-electron chi connectivity index (χ0n) is 11.6. The molecule has 1 heterocycles. The molecule has 3 nitrogen and oxygen atoms in total. The molecule has 0 radical (unpaired) electrons. The van der Waals surface area contributed by atoms with E-state index in [4.69, 9.17) is 11.6 Å². The van der Waals surface area contributed by atoms with E-state index < -0.39 is 5.41 Å². The van der Waals surface area contributed by atoms with Crippen molar-refractivity contribution in [3.8, 4) is 0 Å². The Kier molecular flexibility index (Phi) is 4.54. The van der Waals surface area contributed by atoms with Gasteiger partial charge >= 0.3 is 0 Å². The number of piperazine rings is 1. The number of hydrogen-bond donors (Lipinski definition) is 0. The highest BCUT2D eigenvalue weighted by Crippen LogP contribution is 2.26. The van der Waals surface area contributed by atoms with Gasteiger partial charge in [-0.1, -0.05) is 12.8 Å². The second-order valence-electron chi connectivity index (χ2n) is 6.28. The van der Waals surface area contributed by atoms with Gasteiger partial charge in [-0.3, -0.25) is 9.69 Å². The van der Waals surface area contributed by atoms with Crippen molar-refractivity contribution in [2.45, 2.75) is 45.6 Å². The van der Waals surface area contributed by atoms with Gasteiger partial charge in [0.05, 0.1) is 5.41 Å². The van der Waals surface area contributed by atoms with Crippen LogP contribution in [0.4, 0.5) is 0 Å². The van der Waals surface area contributed by atoms with Crippen molar-refractivity contribution in [1.82, 2.24) is 9.80 Å². The van der Waals surface area contributed by atoms with Gasteiger partial charge in [-0.2, -0.15) is 0 Å². The Morgan fingerprint density at radius 2 is 1.72 bits per heavy atom. The van der Waals surface area contributed by atoms with Gasteiger partial charge in [0.2, 0.25) is 5.91 Å². The molecule has 0 aromatic carbocycles. The number of hydrogen-bond acceptors (Lipinski definition) is 2. The van der Waals surface area contributed by atoms with Gasteiger partial charge in [-0.05, 0) is 26.7 Å². The van der Waals surface area contributed by atoms with E-state index in [1.165, 1.54) is 25.7 Å². The van der Waals surface area contributed by atoms with Crippen molar-refractivity contribution >= 4 is 17.5 Å². The lowest BCUT2D eigenvalue weighted by molar-refractivity contribution is -0.141. The average Bonchev–Trinajstić information content (AvgIpc) is 2.92. The predicted molar refractivity (Wildman–Crippen MR) is 74.9 cm³/mol. The highest BCUT2D eigenvalue weighted by atomic mass is 35.5. The molecule has 0 unspecified atom stereocenters. The van der Waals surface area contributed by atoms with Gasteiger partial charge in [0.15, 0.2) is 0 Å². The molecule has 4 heteroatoms. The van der Waals surface area contributed by atoms with Crippen LogP contribution in [0.15, 0.2) is 0 Å². The van der Waals surface area contributed by atoms with Crippen molar-refractivity contribution in [2.24, 2.45) is 5.41 Å². The minimum absolute atomic E-state index is 0.212. The van der Waals surface area contributed by atoms with E-state index in [9.17, 15) is 4.79 Å². The molecule has 2 fully saturated rings. The lowest BCUT2D eigenvalue weighted by atomic mass is 9.94. The van der Waals surface area contributed by atoms with Crippen LogP contribution in [0.25, 0.3) is 0 Å². The summed E-state index contributed by atoms with van der Waals surface area (Å²) in [5.74, 6) is 0.609. The Bertz CT molecular complexity index is 292. The molecule has 0 N–H and O–H groups in total.